The van der Waals surface area contributed by atoms with Crippen molar-refractivity contribution < 1.29 is 61.2 Å². The van der Waals surface area contributed by atoms with Gasteiger partial charge in [-0.2, -0.15) is 13.5 Å². The molecule has 1 fully saturated rings. The van der Waals surface area contributed by atoms with Crippen LogP contribution in [-0.2, 0) is 61.3 Å². The zero-order valence-electron chi connectivity index (χ0n) is 48.4. The highest BCUT2D eigenvalue weighted by molar-refractivity contribution is 7.86. The lowest BCUT2D eigenvalue weighted by Crippen LogP contribution is -2.59. The summed E-state index contributed by atoms with van der Waals surface area (Å²) >= 11 is 0. The minimum absolute atomic E-state index is 0.0200. The van der Waals surface area contributed by atoms with Gasteiger partial charge in [-0.15, -0.1) is 0 Å². The largest absolute Gasteiger partial charge is 0.508 e. The quantitative estimate of drug-likeness (QED) is 0.0149. The number of carbonyl (C=O) groups excluding carboxylic acids is 9. The molecule has 1 saturated heterocycles. The van der Waals surface area contributed by atoms with Crippen LogP contribution in [0.3, 0.4) is 0 Å². The highest BCUT2D eigenvalue weighted by Gasteiger charge is 2.35. The van der Waals surface area contributed by atoms with Crippen LogP contribution in [-0.4, -0.2) is 137 Å². The first kappa shape index (κ1) is 67.0. The number of aromatic hydroxyl groups is 1. The van der Waals surface area contributed by atoms with Crippen molar-refractivity contribution in [2.24, 2.45) is 16.9 Å². The van der Waals surface area contributed by atoms with Gasteiger partial charge in [0.2, 0.25) is 41.4 Å². The van der Waals surface area contributed by atoms with Crippen molar-refractivity contribution in [2.45, 2.75) is 140 Å². The van der Waals surface area contributed by atoms with E-state index in [1.807, 2.05) is 58.0 Å². The predicted octanol–water partition coefficient (Wildman–Crippen LogP) is 2.95. The second-order valence-corrected chi connectivity index (χ2v) is 22.9. The van der Waals surface area contributed by atoms with E-state index in [1.54, 1.807) is 18.2 Å². The number of hydrazine groups is 1. The molecule has 0 bridgehead atoms. The normalized spacial score (nSPS) is 14.5. The maximum atomic E-state index is 14.4. The summed E-state index contributed by atoms with van der Waals surface area (Å²) in [7, 11) is -4.46. The lowest BCUT2D eigenvalue weighted by atomic mass is 10.00. The Hall–Kier alpha value is -8.78. The molecular formula is C59H78N12O13S. The molecule has 0 saturated carbocycles. The second-order valence-electron chi connectivity index (χ2n) is 21.5. The first-order valence-corrected chi connectivity index (χ1v) is 29.7. The second kappa shape index (κ2) is 33.5. The number of nitrogens with zero attached hydrogens (tertiary/aromatic N) is 3. The SMILES string of the molecule is CC(=O)N1CCC[C@H]1C(=O)N[C@@H](CC(C)C)C(=O)NCC(=O)N[C@@H](CCc1ccccc1)C(=O)N[C@@H](Cc1ccc(O)cc1)C(=O)N[C@@H](CC(C)C)C(=O)NNC(=O)CCCCCNC(=O)c1ccc(N/N=C/c2ccccc2S(=O)(=O)O)nc1. The summed E-state index contributed by atoms with van der Waals surface area (Å²) in [6, 6.07) is 18.3. The number of amides is 9. The van der Waals surface area contributed by atoms with E-state index in [4.69, 9.17) is 0 Å². The molecule has 1 aromatic heterocycles. The number of aromatic nitrogens is 1. The number of aryl methyl sites for hydroxylation is 1. The van der Waals surface area contributed by atoms with Crippen LogP contribution in [0.1, 0.15) is 119 Å². The number of rotatable bonds is 31. The van der Waals surface area contributed by atoms with Crippen LogP contribution in [0.2, 0.25) is 0 Å². The molecule has 5 rings (SSSR count). The van der Waals surface area contributed by atoms with Gasteiger partial charge in [0.05, 0.1) is 18.3 Å². The summed E-state index contributed by atoms with van der Waals surface area (Å²) in [5, 5.41) is 30.3. The molecule has 85 heavy (non-hydrogen) atoms. The summed E-state index contributed by atoms with van der Waals surface area (Å²) in [5.41, 5.74) is 9.20. The van der Waals surface area contributed by atoms with Gasteiger partial charge in [-0.1, -0.05) is 94.8 Å². The number of nitrogens with one attached hydrogen (secondary N) is 9. The fraction of sp³-hybridized carbons (Fsp3) is 0.441. The third-order valence-electron chi connectivity index (χ3n) is 13.6. The standard InChI is InChI=1S/C59H78N12O13S/c1-37(2)31-46(67-59(81)49-18-14-30-71(49)39(5)72)55(77)62-36-53(75)64-45(27-23-40-15-8-6-9-16-40)56(78)66-48(33-41-21-25-44(73)26-22-41)57(79)65-47(32-38(3)4)58(80)70-69-52(74)20-10-7-13-29-60-54(76)43-24-28-51(61-34-43)68-63-35-42-17-11-12-19-50(42)85(82,83)84/h6,8-9,11-12,15-17,19,21-22,24-26,28,34-35,37-38,45-49,73H,7,10,13-14,18,20,23,27,29-33,36H2,1-5H3,(H,60,76)(H,61,68)(H,62,77)(H,64,75)(H,65,79)(H,66,78)(H,67,81)(H,69,74)(H,70,80)(H,82,83,84)/b63-35+/t45-,46-,47-,48-,49-/m0/s1. The number of phenolic OH excluding ortho intramolecular Hbond substituents is 1. The summed E-state index contributed by atoms with van der Waals surface area (Å²) in [4.78, 5) is 126. The topological polar surface area (TPSA) is 365 Å². The Kier molecular flexibility index (Phi) is 26.4. The van der Waals surface area contributed by atoms with E-state index >= 15 is 0 Å². The summed E-state index contributed by atoms with van der Waals surface area (Å²) in [6.45, 7) is 8.92. The number of hydrazone groups is 1. The monoisotopic (exact) mass is 1190 g/mol. The zero-order valence-corrected chi connectivity index (χ0v) is 49.2. The maximum Gasteiger partial charge on any atom is 0.295 e. The minimum Gasteiger partial charge on any atom is -0.508 e. The Balaban J connectivity index is 1.14. The number of anilines is 1. The van der Waals surface area contributed by atoms with Crippen LogP contribution >= 0.6 is 0 Å². The molecule has 9 amide bonds. The first-order valence-electron chi connectivity index (χ1n) is 28.2. The zero-order chi connectivity index (χ0) is 62.1. The summed E-state index contributed by atoms with van der Waals surface area (Å²) in [5.74, 6) is -5.20. The molecule has 1 aliphatic heterocycles. The predicted molar refractivity (Wildman–Crippen MR) is 315 cm³/mol. The van der Waals surface area contributed by atoms with Gasteiger partial charge in [-0.25, -0.2) is 4.98 Å². The molecule has 1 aliphatic rings. The van der Waals surface area contributed by atoms with Crippen LogP contribution in [0.5, 0.6) is 5.75 Å². The fourth-order valence-electron chi connectivity index (χ4n) is 9.23. The molecule has 3 aromatic carbocycles. The van der Waals surface area contributed by atoms with Crippen molar-refractivity contribution in [3.05, 3.63) is 119 Å². The van der Waals surface area contributed by atoms with Crippen molar-refractivity contribution in [3.8, 4) is 5.75 Å². The molecule has 2 heterocycles. The third kappa shape index (κ3) is 23.1. The number of pyridine rings is 1. The van der Waals surface area contributed by atoms with E-state index in [-0.39, 0.29) is 84.0 Å². The Morgan fingerprint density at radius 2 is 1.35 bits per heavy atom. The molecule has 458 valence electrons. The number of likely N-dealkylation sites (tertiary alicyclic amines) is 1. The number of unbranched alkanes of at least 4 members (excludes halogenated alkanes) is 2. The minimum atomic E-state index is -4.46. The van der Waals surface area contributed by atoms with Gasteiger partial charge < -0.3 is 41.9 Å². The van der Waals surface area contributed by atoms with Crippen molar-refractivity contribution >= 4 is 75.3 Å². The van der Waals surface area contributed by atoms with Gasteiger partial charge in [0, 0.05) is 44.6 Å². The molecular weight excluding hydrogens is 1120 g/mol. The van der Waals surface area contributed by atoms with Gasteiger partial charge in [0.15, 0.2) is 0 Å². The number of phenols is 1. The van der Waals surface area contributed by atoms with Crippen LogP contribution < -0.4 is 48.2 Å². The van der Waals surface area contributed by atoms with Crippen molar-refractivity contribution in [2.75, 3.05) is 25.1 Å². The average molecular weight is 1200 g/mol. The smallest absolute Gasteiger partial charge is 0.295 e. The van der Waals surface area contributed by atoms with E-state index in [0.717, 1.165) is 5.56 Å². The van der Waals surface area contributed by atoms with Gasteiger partial charge in [-0.05, 0) is 105 Å². The number of benzene rings is 3. The molecule has 5 atom stereocenters. The Bertz CT molecular complexity index is 3070. The van der Waals surface area contributed by atoms with Gasteiger partial charge in [-0.3, -0.25) is 64.0 Å². The lowest BCUT2D eigenvalue weighted by molar-refractivity contribution is -0.138. The third-order valence-corrected chi connectivity index (χ3v) is 14.5. The highest BCUT2D eigenvalue weighted by Crippen LogP contribution is 2.19. The maximum absolute atomic E-state index is 14.4. The highest BCUT2D eigenvalue weighted by atomic mass is 32.2. The van der Waals surface area contributed by atoms with E-state index in [1.165, 1.54) is 66.7 Å². The van der Waals surface area contributed by atoms with Gasteiger partial charge >= 0.3 is 0 Å². The molecule has 0 aliphatic carbocycles. The summed E-state index contributed by atoms with van der Waals surface area (Å²) in [6.07, 6.45) is 5.74. The summed E-state index contributed by atoms with van der Waals surface area (Å²) < 4.78 is 32.7. The molecule has 4 aromatic rings. The molecule has 26 heteroatoms. The van der Waals surface area contributed by atoms with Crippen LogP contribution in [0, 0.1) is 11.8 Å². The molecule has 0 radical (unpaired) electrons. The molecule has 11 N–H and O–H groups in total. The van der Waals surface area contributed by atoms with Crippen molar-refractivity contribution in [1.82, 2.24) is 52.6 Å². The number of hydrogen-bond acceptors (Lipinski definition) is 15. The number of hydrogen-bond donors (Lipinski definition) is 11. The van der Waals surface area contributed by atoms with Crippen LogP contribution in [0.15, 0.2) is 107 Å². The Morgan fingerprint density at radius 1 is 0.694 bits per heavy atom. The van der Waals surface area contributed by atoms with Crippen LogP contribution in [0.25, 0.3) is 0 Å². The lowest BCUT2D eigenvalue weighted by Gasteiger charge is -2.27. The van der Waals surface area contributed by atoms with E-state index in [2.05, 4.69) is 58.3 Å². The van der Waals surface area contributed by atoms with Crippen molar-refractivity contribution in [1.29, 1.82) is 0 Å². The fourth-order valence-corrected chi connectivity index (χ4v) is 9.90. The molecule has 0 spiro atoms. The van der Waals surface area contributed by atoms with Crippen LogP contribution in [0.4, 0.5) is 5.82 Å². The van der Waals surface area contributed by atoms with E-state index in [0.29, 0.717) is 50.6 Å². The van der Waals surface area contributed by atoms with E-state index < -0.39 is 94.1 Å². The molecule has 0 unspecified atom stereocenters. The van der Waals surface area contributed by atoms with Gasteiger partial charge in [0.1, 0.15) is 46.7 Å². The Morgan fingerprint density at radius 3 is 2.01 bits per heavy atom. The first-order chi connectivity index (χ1) is 40.5. The van der Waals surface area contributed by atoms with Gasteiger partial charge in [0.25, 0.3) is 21.9 Å². The van der Waals surface area contributed by atoms with E-state index in [9.17, 15) is 61.2 Å². The average Bonchev–Trinajstić information content (AvgIpc) is 4.20. The number of carbonyl (C=O) groups is 9. The Labute approximate surface area is 494 Å². The molecule has 25 nitrogen and oxygen atoms in total. The van der Waals surface area contributed by atoms with Crippen molar-refractivity contribution in [3.63, 3.8) is 0 Å².